The number of benzene rings is 2. The van der Waals surface area contributed by atoms with E-state index >= 15 is 0 Å². The van der Waals surface area contributed by atoms with E-state index in [1.807, 2.05) is 19.1 Å². The Kier molecular flexibility index (Phi) is 8.66. The van der Waals surface area contributed by atoms with E-state index < -0.39 is 0 Å². The van der Waals surface area contributed by atoms with Crippen molar-refractivity contribution in [2.24, 2.45) is 4.99 Å². The molecule has 1 aliphatic rings. The molecule has 0 unspecified atom stereocenters. The predicted octanol–water partition coefficient (Wildman–Crippen LogP) is 3.65. The van der Waals surface area contributed by atoms with E-state index in [0.29, 0.717) is 30.3 Å². The number of aliphatic imine (C=N–C) groups is 1. The molecule has 3 rings (SSSR count). The first-order valence-corrected chi connectivity index (χ1v) is 9.70. The zero-order valence-corrected chi connectivity index (χ0v) is 19.2. The first-order valence-electron chi connectivity index (χ1n) is 9.70. The molecule has 2 aromatic carbocycles. The minimum Gasteiger partial charge on any atom is -0.357 e. The average Bonchev–Trinajstić information content (AvgIpc) is 3.51. The number of guanidine groups is 1. The minimum absolute atomic E-state index is 0. The highest BCUT2D eigenvalue weighted by atomic mass is 127. The summed E-state index contributed by atoms with van der Waals surface area (Å²) in [7, 11) is 0. The number of carbonyl (C=O) groups excluding carboxylic acids is 1. The summed E-state index contributed by atoms with van der Waals surface area (Å²) in [4.78, 5) is 16.6. The van der Waals surface area contributed by atoms with E-state index in [2.05, 4.69) is 26.9 Å². The SMILES string of the molecule is C#Cc1cccc(NC(=O)CN=C(NCC)NCC2(c3ccccc3F)CC2)c1.I. The lowest BCUT2D eigenvalue weighted by Crippen LogP contribution is -2.42. The lowest BCUT2D eigenvalue weighted by molar-refractivity contribution is -0.114. The molecular weight excluding hydrogens is 494 g/mol. The lowest BCUT2D eigenvalue weighted by atomic mass is 9.95. The topological polar surface area (TPSA) is 65.5 Å². The summed E-state index contributed by atoms with van der Waals surface area (Å²) in [5.74, 6) is 2.64. The maximum Gasteiger partial charge on any atom is 0.246 e. The highest BCUT2D eigenvalue weighted by Gasteiger charge is 2.45. The van der Waals surface area contributed by atoms with Crippen molar-refractivity contribution in [1.82, 2.24) is 10.6 Å². The smallest absolute Gasteiger partial charge is 0.246 e. The molecule has 2 aromatic rings. The van der Waals surface area contributed by atoms with Crippen molar-refractivity contribution in [1.29, 1.82) is 0 Å². The number of nitrogens with zero attached hydrogens (tertiary/aromatic N) is 1. The van der Waals surface area contributed by atoms with Crippen LogP contribution in [0, 0.1) is 18.2 Å². The van der Waals surface area contributed by atoms with Gasteiger partial charge in [0.2, 0.25) is 5.91 Å². The van der Waals surface area contributed by atoms with Gasteiger partial charge in [-0.15, -0.1) is 30.4 Å². The fourth-order valence-corrected chi connectivity index (χ4v) is 3.22. The molecule has 0 bridgehead atoms. The average molecular weight is 520 g/mol. The Morgan fingerprint density at radius 1 is 1.20 bits per heavy atom. The van der Waals surface area contributed by atoms with Gasteiger partial charge in [0.1, 0.15) is 12.4 Å². The van der Waals surface area contributed by atoms with E-state index in [4.69, 9.17) is 6.42 Å². The van der Waals surface area contributed by atoms with Crippen LogP contribution in [0.3, 0.4) is 0 Å². The van der Waals surface area contributed by atoms with Gasteiger partial charge in [-0.2, -0.15) is 0 Å². The van der Waals surface area contributed by atoms with Crippen LogP contribution < -0.4 is 16.0 Å². The van der Waals surface area contributed by atoms with Crippen LogP contribution in [0.1, 0.15) is 30.9 Å². The number of carbonyl (C=O) groups is 1. The number of halogens is 2. The second kappa shape index (κ2) is 11.0. The van der Waals surface area contributed by atoms with E-state index in [0.717, 1.165) is 18.4 Å². The third kappa shape index (κ3) is 6.20. The number of hydrogen-bond donors (Lipinski definition) is 3. The predicted molar refractivity (Wildman–Crippen MR) is 130 cm³/mol. The summed E-state index contributed by atoms with van der Waals surface area (Å²) in [5.41, 5.74) is 1.85. The summed E-state index contributed by atoms with van der Waals surface area (Å²) in [6, 6.07) is 14.0. The van der Waals surface area contributed by atoms with E-state index in [-0.39, 0.29) is 47.7 Å². The van der Waals surface area contributed by atoms with Crippen LogP contribution in [-0.4, -0.2) is 31.5 Å². The second-order valence-corrected chi connectivity index (χ2v) is 7.08. The van der Waals surface area contributed by atoms with Crippen molar-refractivity contribution in [3.63, 3.8) is 0 Å². The molecule has 0 radical (unpaired) electrons. The Bertz CT molecular complexity index is 950. The third-order valence-electron chi connectivity index (χ3n) is 4.93. The largest absolute Gasteiger partial charge is 0.357 e. The van der Waals surface area contributed by atoms with Crippen molar-refractivity contribution in [3.8, 4) is 12.3 Å². The van der Waals surface area contributed by atoms with Crippen molar-refractivity contribution < 1.29 is 9.18 Å². The molecule has 0 aliphatic heterocycles. The fraction of sp³-hybridized carbons (Fsp3) is 0.304. The summed E-state index contributed by atoms with van der Waals surface area (Å²) >= 11 is 0. The van der Waals surface area contributed by atoms with E-state index in [1.165, 1.54) is 6.07 Å². The first kappa shape index (κ1) is 23.7. The monoisotopic (exact) mass is 520 g/mol. The summed E-state index contributed by atoms with van der Waals surface area (Å²) in [6.07, 6.45) is 7.23. The van der Waals surface area contributed by atoms with Gasteiger partial charge < -0.3 is 16.0 Å². The number of amides is 1. The van der Waals surface area contributed by atoms with Crippen molar-refractivity contribution in [2.75, 3.05) is 25.0 Å². The number of rotatable bonds is 7. The van der Waals surface area contributed by atoms with Crippen LogP contribution in [0.4, 0.5) is 10.1 Å². The standard InChI is InChI=1S/C23H25FN4O.HI/c1-3-17-8-7-9-18(14-17)28-21(29)15-26-22(25-4-2)27-16-23(12-13-23)19-10-5-6-11-20(19)24;/h1,5-11,14H,4,12-13,15-16H2,2H3,(H,28,29)(H2,25,26,27);1H. The minimum atomic E-state index is -0.244. The van der Waals surface area contributed by atoms with Crippen molar-refractivity contribution in [2.45, 2.75) is 25.2 Å². The first-order chi connectivity index (χ1) is 14.1. The highest BCUT2D eigenvalue weighted by Crippen LogP contribution is 2.48. The molecule has 0 aromatic heterocycles. The van der Waals surface area contributed by atoms with Gasteiger partial charge in [-0.25, -0.2) is 9.38 Å². The van der Waals surface area contributed by atoms with E-state index in [1.54, 1.807) is 30.3 Å². The van der Waals surface area contributed by atoms with Crippen LogP contribution in [0.5, 0.6) is 0 Å². The normalized spacial score (nSPS) is 14.1. The van der Waals surface area contributed by atoms with Crippen LogP contribution in [-0.2, 0) is 10.2 Å². The van der Waals surface area contributed by atoms with Gasteiger partial charge in [-0.3, -0.25) is 4.79 Å². The third-order valence-corrected chi connectivity index (χ3v) is 4.93. The molecule has 1 aliphatic carbocycles. The van der Waals surface area contributed by atoms with Gasteiger partial charge in [0.15, 0.2) is 5.96 Å². The molecule has 3 N–H and O–H groups in total. The number of hydrogen-bond acceptors (Lipinski definition) is 2. The molecule has 1 fully saturated rings. The molecule has 30 heavy (non-hydrogen) atoms. The van der Waals surface area contributed by atoms with Gasteiger partial charge in [0.05, 0.1) is 0 Å². The number of nitrogens with one attached hydrogen (secondary N) is 3. The Morgan fingerprint density at radius 3 is 2.63 bits per heavy atom. The van der Waals surface area contributed by atoms with Crippen LogP contribution >= 0.6 is 24.0 Å². The van der Waals surface area contributed by atoms with Gasteiger partial charge >= 0.3 is 0 Å². The van der Waals surface area contributed by atoms with Gasteiger partial charge in [-0.05, 0) is 49.6 Å². The van der Waals surface area contributed by atoms with Crippen LogP contribution in [0.15, 0.2) is 53.5 Å². The Morgan fingerprint density at radius 2 is 1.97 bits per heavy atom. The molecule has 0 atom stereocenters. The van der Waals surface area contributed by atoms with Crippen molar-refractivity contribution in [3.05, 3.63) is 65.5 Å². The summed E-state index contributed by atoms with van der Waals surface area (Å²) in [5, 5.41) is 9.16. The summed E-state index contributed by atoms with van der Waals surface area (Å²) in [6.45, 7) is 3.13. The Balaban J connectivity index is 0.00000320. The van der Waals surface area contributed by atoms with Crippen molar-refractivity contribution >= 4 is 41.5 Å². The fourth-order valence-electron chi connectivity index (χ4n) is 3.22. The van der Waals surface area contributed by atoms with Gasteiger partial charge in [0.25, 0.3) is 0 Å². The molecule has 7 heteroatoms. The zero-order chi connectivity index (χ0) is 20.7. The summed E-state index contributed by atoms with van der Waals surface area (Å²) < 4.78 is 14.2. The van der Waals surface area contributed by atoms with Gasteiger partial charge in [-0.1, -0.05) is 30.2 Å². The quantitative estimate of drug-likeness (QED) is 0.226. The number of anilines is 1. The zero-order valence-electron chi connectivity index (χ0n) is 16.9. The Hall–Kier alpha value is -2.60. The van der Waals surface area contributed by atoms with Gasteiger partial charge in [0, 0.05) is 29.8 Å². The lowest BCUT2D eigenvalue weighted by Gasteiger charge is -2.19. The van der Waals surface area contributed by atoms with Crippen LogP contribution in [0.25, 0.3) is 0 Å². The number of terminal acetylenes is 1. The molecule has 158 valence electrons. The Labute approximate surface area is 194 Å². The highest BCUT2D eigenvalue weighted by molar-refractivity contribution is 14.0. The molecular formula is C23H26FIN4O. The maximum atomic E-state index is 14.2. The molecule has 5 nitrogen and oxygen atoms in total. The molecule has 0 spiro atoms. The molecule has 1 amide bonds. The molecule has 0 saturated heterocycles. The molecule has 1 saturated carbocycles. The maximum absolute atomic E-state index is 14.2. The van der Waals surface area contributed by atoms with E-state index in [9.17, 15) is 9.18 Å². The molecule has 0 heterocycles. The second-order valence-electron chi connectivity index (χ2n) is 7.08. The van der Waals surface area contributed by atoms with Crippen LogP contribution in [0.2, 0.25) is 0 Å².